The van der Waals surface area contributed by atoms with Crippen molar-refractivity contribution in [3.63, 3.8) is 0 Å². The fourth-order valence-corrected chi connectivity index (χ4v) is 1.21. The molecular weight excluding hydrogens is 168 g/mol. The predicted molar refractivity (Wildman–Crippen MR) is 53.4 cm³/mol. The molecule has 0 heterocycles. The molecule has 0 aromatic carbocycles. The molecule has 0 spiro atoms. The molecule has 12 heavy (non-hydrogen) atoms. The Hall–Kier alpha value is -0.833. The second kappa shape index (κ2) is 4.93. The minimum atomic E-state index is -1.11. The third-order valence-electron chi connectivity index (χ3n) is 1.02. The second-order valence-electron chi connectivity index (χ2n) is 3.66. The average molecular weight is 184 g/mol. The molecule has 0 aliphatic carbocycles. The van der Waals surface area contributed by atoms with Gasteiger partial charge in [-0.15, -0.1) is 0 Å². The van der Waals surface area contributed by atoms with Gasteiger partial charge in [-0.2, -0.15) is 0 Å². The van der Waals surface area contributed by atoms with Gasteiger partial charge in [-0.3, -0.25) is 4.79 Å². The van der Waals surface area contributed by atoms with E-state index in [9.17, 15) is 4.79 Å². The lowest BCUT2D eigenvalue weighted by atomic mass is 10.6. The van der Waals surface area contributed by atoms with Crippen molar-refractivity contribution in [2.45, 2.75) is 26.6 Å². The number of hydrogen-bond acceptors (Lipinski definition) is 2. The zero-order valence-electron chi connectivity index (χ0n) is 8.13. The molecule has 0 N–H and O–H groups in total. The Kier molecular flexibility index (Phi) is 4.59. The van der Waals surface area contributed by atoms with Crippen molar-refractivity contribution in [1.29, 1.82) is 0 Å². The average Bonchev–Trinajstić information content (AvgIpc) is 1.83. The molecule has 0 aromatic rings. The summed E-state index contributed by atoms with van der Waals surface area (Å²) in [5.74, 6) is -0.285. The fourth-order valence-electron chi connectivity index (χ4n) is 0.525. The van der Waals surface area contributed by atoms with Gasteiger partial charge >= 0.3 is 5.97 Å². The third-order valence-corrected chi connectivity index (χ3v) is 2.21. The highest BCUT2D eigenvalue weighted by atomic mass is 28.3. The van der Waals surface area contributed by atoms with Crippen molar-refractivity contribution in [1.82, 2.24) is 0 Å². The van der Waals surface area contributed by atoms with Crippen LogP contribution >= 0.6 is 0 Å². The molecule has 0 saturated carbocycles. The van der Waals surface area contributed by atoms with Gasteiger partial charge in [0.15, 0.2) is 0 Å². The molecule has 0 saturated heterocycles. The van der Waals surface area contributed by atoms with Crippen LogP contribution in [0.15, 0.2) is 24.1 Å². The highest BCUT2D eigenvalue weighted by molar-refractivity contribution is 6.80. The summed E-state index contributed by atoms with van der Waals surface area (Å²) >= 11 is 0. The lowest BCUT2D eigenvalue weighted by Crippen LogP contribution is -2.14. The Bertz CT molecular complexity index is 199. The van der Waals surface area contributed by atoms with Crippen molar-refractivity contribution in [3.8, 4) is 0 Å². The zero-order valence-corrected chi connectivity index (χ0v) is 9.13. The van der Waals surface area contributed by atoms with E-state index in [-0.39, 0.29) is 5.97 Å². The molecule has 0 radical (unpaired) electrons. The summed E-state index contributed by atoms with van der Waals surface area (Å²) < 4.78 is 4.60. The molecule has 0 aromatic heterocycles. The first kappa shape index (κ1) is 11.2. The van der Waals surface area contributed by atoms with Crippen LogP contribution in [0.3, 0.4) is 0 Å². The Morgan fingerprint density at radius 1 is 1.25 bits per heavy atom. The number of esters is 1. The monoisotopic (exact) mass is 184 g/mol. The maximum absolute atomic E-state index is 10.3. The number of carbonyl (C=O) groups excluding carboxylic acids is 1. The van der Waals surface area contributed by atoms with Crippen LogP contribution in [0.25, 0.3) is 0 Å². The summed E-state index contributed by atoms with van der Waals surface area (Å²) in [5, 5.41) is 0. The molecule has 0 unspecified atom stereocenters. The Labute approximate surface area is 74.9 Å². The number of carbonyl (C=O) groups is 1. The summed E-state index contributed by atoms with van der Waals surface area (Å²) in [6.07, 6.45) is 5.06. The van der Waals surface area contributed by atoms with Gasteiger partial charge in [0.1, 0.15) is 0 Å². The van der Waals surface area contributed by atoms with Gasteiger partial charge in [0.05, 0.1) is 14.3 Å². The van der Waals surface area contributed by atoms with Crippen molar-refractivity contribution in [2.75, 3.05) is 0 Å². The molecule has 0 rings (SSSR count). The molecule has 0 atom stereocenters. The number of ether oxygens (including phenoxy) is 1. The Morgan fingerprint density at radius 3 is 2.25 bits per heavy atom. The third kappa shape index (κ3) is 9.17. The van der Waals surface area contributed by atoms with Crippen molar-refractivity contribution in [3.05, 3.63) is 24.1 Å². The quantitative estimate of drug-likeness (QED) is 0.291. The van der Waals surface area contributed by atoms with E-state index in [2.05, 4.69) is 30.1 Å². The van der Waals surface area contributed by atoms with Gasteiger partial charge in [-0.1, -0.05) is 31.4 Å². The van der Waals surface area contributed by atoms with Gasteiger partial charge in [0.2, 0.25) is 0 Å². The van der Waals surface area contributed by atoms with E-state index in [4.69, 9.17) is 0 Å². The Balaban J connectivity index is 3.75. The summed E-state index contributed by atoms with van der Waals surface area (Å²) in [5.41, 5.74) is 2.17. The summed E-state index contributed by atoms with van der Waals surface area (Å²) in [4.78, 5) is 10.3. The van der Waals surface area contributed by atoms with Crippen molar-refractivity contribution >= 4 is 14.0 Å². The smallest absolute Gasteiger partial charge is 0.307 e. The van der Waals surface area contributed by atoms with Crippen LogP contribution in [0.4, 0.5) is 0 Å². The zero-order chi connectivity index (χ0) is 9.61. The predicted octanol–water partition coefficient (Wildman–Crippen LogP) is 2.50. The first-order valence-corrected chi connectivity index (χ1v) is 7.51. The van der Waals surface area contributed by atoms with Crippen molar-refractivity contribution < 1.29 is 9.53 Å². The lowest BCUT2D eigenvalue weighted by Gasteiger charge is -2.06. The van der Waals surface area contributed by atoms with E-state index in [1.165, 1.54) is 13.2 Å². The minimum absolute atomic E-state index is 0.285. The van der Waals surface area contributed by atoms with E-state index in [1.54, 1.807) is 6.08 Å². The van der Waals surface area contributed by atoms with Crippen molar-refractivity contribution in [2.24, 2.45) is 0 Å². The van der Waals surface area contributed by atoms with Gasteiger partial charge in [0, 0.05) is 6.92 Å². The van der Waals surface area contributed by atoms with Crippen LogP contribution in [0.2, 0.25) is 19.6 Å². The molecule has 0 bridgehead atoms. The topological polar surface area (TPSA) is 26.3 Å². The van der Waals surface area contributed by atoms with E-state index in [1.807, 2.05) is 6.08 Å². The normalized spacial score (nSPS) is 12.7. The maximum Gasteiger partial charge on any atom is 0.307 e. The number of rotatable bonds is 3. The highest BCUT2D eigenvalue weighted by Gasteiger charge is 2.05. The van der Waals surface area contributed by atoms with Crippen LogP contribution in [0, 0.1) is 0 Å². The first-order valence-electron chi connectivity index (χ1n) is 3.93. The van der Waals surface area contributed by atoms with Crippen LogP contribution in [-0.4, -0.2) is 14.0 Å². The summed E-state index contributed by atoms with van der Waals surface area (Å²) in [6, 6.07) is 0. The molecule has 68 valence electrons. The highest BCUT2D eigenvalue weighted by Crippen LogP contribution is 2.01. The van der Waals surface area contributed by atoms with Gasteiger partial charge in [0.25, 0.3) is 0 Å². The molecule has 0 amide bonds. The van der Waals surface area contributed by atoms with E-state index in [0.717, 1.165) is 0 Å². The van der Waals surface area contributed by atoms with Crippen LogP contribution in [0.5, 0.6) is 0 Å². The molecule has 3 heteroatoms. The van der Waals surface area contributed by atoms with Crippen LogP contribution in [-0.2, 0) is 9.53 Å². The van der Waals surface area contributed by atoms with Crippen LogP contribution in [0.1, 0.15) is 6.92 Å². The first-order chi connectivity index (χ1) is 5.42. The van der Waals surface area contributed by atoms with Gasteiger partial charge < -0.3 is 4.74 Å². The van der Waals surface area contributed by atoms with Gasteiger partial charge in [-0.05, 0) is 6.08 Å². The van der Waals surface area contributed by atoms with E-state index in [0.29, 0.717) is 0 Å². The molecule has 0 aliphatic rings. The number of allylic oxidation sites excluding steroid dienone is 2. The van der Waals surface area contributed by atoms with E-state index >= 15 is 0 Å². The molecular formula is C9H16O2Si. The molecule has 2 nitrogen and oxygen atoms in total. The standard InChI is InChI=1S/C9H16O2Si/c1-9(10)11-7-5-6-8-12(2,3)4/h5-8H,1-4H3/b7-5+,8-6+. The Morgan fingerprint density at radius 2 is 1.83 bits per heavy atom. The summed E-state index contributed by atoms with van der Waals surface area (Å²) in [7, 11) is -1.11. The summed E-state index contributed by atoms with van der Waals surface area (Å²) in [6.45, 7) is 8.10. The SMILES string of the molecule is CC(=O)O/C=C/C=C/[Si](C)(C)C. The second-order valence-corrected chi connectivity index (χ2v) is 8.73. The number of hydrogen-bond donors (Lipinski definition) is 0. The van der Waals surface area contributed by atoms with E-state index < -0.39 is 8.07 Å². The fraction of sp³-hybridized carbons (Fsp3) is 0.444. The molecule has 0 fully saturated rings. The lowest BCUT2D eigenvalue weighted by molar-refractivity contribution is -0.135. The largest absolute Gasteiger partial charge is 0.435 e. The minimum Gasteiger partial charge on any atom is -0.435 e. The molecule has 0 aliphatic heterocycles. The van der Waals surface area contributed by atoms with Crippen LogP contribution < -0.4 is 0 Å². The maximum atomic E-state index is 10.3. The van der Waals surface area contributed by atoms with Gasteiger partial charge in [-0.25, -0.2) is 0 Å².